The molecule has 1 aliphatic carbocycles. The second kappa shape index (κ2) is 6.73. The van der Waals surface area contributed by atoms with Gasteiger partial charge in [-0.3, -0.25) is 4.79 Å². The first-order valence-corrected chi connectivity index (χ1v) is 7.24. The molecule has 1 rings (SSSR count). The summed E-state index contributed by atoms with van der Waals surface area (Å²) in [5.41, 5.74) is 2.74. The lowest BCUT2D eigenvalue weighted by atomic mass is 9.84. The van der Waals surface area contributed by atoms with Crippen molar-refractivity contribution in [3.8, 4) is 0 Å². The number of rotatable bonds is 4. The molecule has 0 amide bonds. The molecule has 20 heavy (non-hydrogen) atoms. The van der Waals surface area contributed by atoms with Gasteiger partial charge in [-0.05, 0) is 32.6 Å². The van der Waals surface area contributed by atoms with Gasteiger partial charge in [0.25, 0.3) is 0 Å². The summed E-state index contributed by atoms with van der Waals surface area (Å²) in [6.45, 7) is 8.22. The van der Waals surface area contributed by atoms with Gasteiger partial charge in [-0.1, -0.05) is 13.8 Å². The summed E-state index contributed by atoms with van der Waals surface area (Å²) in [6, 6.07) is 0.253. The molecule has 0 aromatic rings. The second-order valence-electron chi connectivity index (χ2n) is 6.17. The minimum atomic E-state index is 0.00630. The van der Waals surface area contributed by atoms with Crippen LogP contribution in [0.1, 0.15) is 40.5 Å². The highest BCUT2D eigenvalue weighted by atomic mass is 16.1. The third kappa shape index (κ3) is 3.95. The lowest BCUT2D eigenvalue weighted by Gasteiger charge is -2.26. The van der Waals surface area contributed by atoms with Crippen LogP contribution in [0.2, 0.25) is 0 Å². The summed E-state index contributed by atoms with van der Waals surface area (Å²) >= 11 is 0. The van der Waals surface area contributed by atoms with E-state index in [1.165, 1.54) is 0 Å². The second-order valence-corrected chi connectivity index (χ2v) is 6.17. The standard InChI is InChI=1S/C16H27N3O/c1-10(2)15(18-11(3)4)14-13(17)8-7-12(16(14)20)9-19(5)6/h9-11,17-18H,7-8H2,1-6H3/b12-9+,15-14+,17-13?. The Morgan fingerprint density at radius 3 is 2.30 bits per heavy atom. The number of nitrogens with one attached hydrogen (secondary N) is 2. The minimum Gasteiger partial charge on any atom is -0.385 e. The maximum Gasteiger partial charge on any atom is 0.194 e. The van der Waals surface area contributed by atoms with Crippen LogP contribution in [0, 0.1) is 11.3 Å². The third-order valence-electron chi connectivity index (χ3n) is 3.17. The normalized spacial score (nSPS) is 20.9. The number of Topliss-reactive ketones (excluding diaryl/α,β-unsaturated/α-hetero) is 1. The molecule has 0 unspecified atom stereocenters. The predicted octanol–water partition coefficient (Wildman–Crippen LogP) is 2.72. The molecular formula is C16H27N3O. The zero-order valence-electron chi connectivity index (χ0n) is 13.5. The van der Waals surface area contributed by atoms with E-state index in [0.717, 1.165) is 11.3 Å². The molecule has 2 N–H and O–H groups in total. The third-order valence-corrected chi connectivity index (χ3v) is 3.17. The topological polar surface area (TPSA) is 56.2 Å². The van der Waals surface area contributed by atoms with Gasteiger partial charge < -0.3 is 15.6 Å². The molecule has 1 fully saturated rings. The summed E-state index contributed by atoms with van der Waals surface area (Å²) in [7, 11) is 3.83. The Kier molecular flexibility index (Phi) is 5.54. The van der Waals surface area contributed by atoms with Gasteiger partial charge in [-0.25, -0.2) is 0 Å². The molecule has 1 aliphatic rings. The van der Waals surface area contributed by atoms with Crippen LogP contribution < -0.4 is 5.32 Å². The molecular weight excluding hydrogens is 250 g/mol. The Labute approximate surface area is 122 Å². The quantitative estimate of drug-likeness (QED) is 0.777. The van der Waals surface area contributed by atoms with Gasteiger partial charge in [-0.2, -0.15) is 0 Å². The Balaban J connectivity index is 3.28. The number of ketones is 1. The van der Waals surface area contributed by atoms with E-state index in [-0.39, 0.29) is 17.7 Å². The average Bonchev–Trinajstić information content (AvgIpc) is 2.30. The van der Waals surface area contributed by atoms with Crippen LogP contribution in [0.3, 0.4) is 0 Å². The fourth-order valence-electron chi connectivity index (χ4n) is 2.35. The first-order valence-electron chi connectivity index (χ1n) is 7.24. The van der Waals surface area contributed by atoms with Gasteiger partial charge in [0, 0.05) is 43.3 Å². The van der Waals surface area contributed by atoms with Crippen LogP contribution in [0.4, 0.5) is 0 Å². The van der Waals surface area contributed by atoms with Gasteiger partial charge in [0.15, 0.2) is 5.78 Å². The zero-order chi connectivity index (χ0) is 15.4. The van der Waals surface area contributed by atoms with Crippen molar-refractivity contribution in [2.45, 2.75) is 46.6 Å². The van der Waals surface area contributed by atoms with Crippen molar-refractivity contribution in [2.75, 3.05) is 14.1 Å². The van der Waals surface area contributed by atoms with E-state index in [4.69, 9.17) is 5.41 Å². The van der Waals surface area contributed by atoms with Crippen LogP contribution in [0.25, 0.3) is 0 Å². The van der Waals surface area contributed by atoms with Crippen LogP contribution in [-0.4, -0.2) is 36.5 Å². The van der Waals surface area contributed by atoms with Crippen molar-refractivity contribution in [1.29, 1.82) is 5.41 Å². The summed E-state index contributed by atoms with van der Waals surface area (Å²) in [5, 5.41) is 11.5. The molecule has 1 saturated carbocycles. The van der Waals surface area contributed by atoms with Crippen molar-refractivity contribution in [1.82, 2.24) is 10.2 Å². The fraction of sp³-hybridized carbons (Fsp3) is 0.625. The van der Waals surface area contributed by atoms with E-state index in [1.54, 1.807) is 0 Å². The summed E-state index contributed by atoms with van der Waals surface area (Å²) in [4.78, 5) is 14.6. The van der Waals surface area contributed by atoms with Gasteiger partial charge in [-0.15, -0.1) is 0 Å². The summed E-state index contributed by atoms with van der Waals surface area (Å²) in [6.07, 6.45) is 3.17. The number of carbonyl (C=O) groups is 1. The Morgan fingerprint density at radius 1 is 1.25 bits per heavy atom. The molecule has 0 aromatic carbocycles. The number of carbonyl (C=O) groups excluding carboxylic acids is 1. The molecule has 0 aromatic heterocycles. The van der Waals surface area contributed by atoms with E-state index < -0.39 is 0 Å². The summed E-state index contributed by atoms with van der Waals surface area (Å²) in [5.74, 6) is 0.210. The maximum absolute atomic E-state index is 12.7. The Bertz CT molecular complexity index is 456. The first-order chi connectivity index (χ1) is 9.23. The van der Waals surface area contributed by atoms with Crippen LogP contribution in [-0.2, 0) is 4.79 Å². The number of hydrogen-bond donors (Lipinski definition) is 2. The molecule has 0 radical (unpaired) electrons. The van der Waals surface area contributed by atoms with Crippen molar-refractivity contribution < 1.29 is 4.79 Å². The number of hydrogen-bond acceptors (Lipinski definition) is 4. The highest BCUT2D eigenvalue weighted by molar-refractivity contribution is 6.29. The van der Waals surface area contributed by atoms with Gasteiger partial charge in [0.05, 0.1) is 5.57 Å². The molecule has 4 nitrogen and oxygen atoms in total. The Hall–Kier alpha value is -1.58. The van der Waals surface area contributed by atoms with E-state index in [0.29, 0.717) is 24.1 Å². The largest absolute Gasteiger partial charge is 0.385 e. The van der Waals surface area contributed by atoms with E-state index in [9.17, 15) is 4.79 Å². The van der Waals surface area contributed by atoms with Crippen molar-refractivity contribution >= 4 is 11.5 Å². The monoisotopic (exact) mass is 277 g/mol. The minimum absolute atomic E-state index is 0.00630. The molecule has 0 spiro atoms. The summed E-state index contributed by atoms with van der Waals surface area (Å²) < 4.78 is 0. The van der Waals surface area contributed by atoms with E-state index in [2.05, 4.69) is 33.0 Å². The van der Waals surface area contributed by atoms with E-state index >= 15 is 0 Å². The molecule has 112 valence electrons. The molecule has 4 heteroatoms. The average molecular weight is 277 g/mol. The van der Waals surface area contributed by atoms with Crippen LogP contribution >= 0.6 is 0 Å². The first kappa shape index (κ1) is 16.5. The lowest BCUT2D eigenvalue weighted by Crippen LogP contribution is -2.33. The lowest BCUT2D eigenvalue weighted by molar-refractivity contribution is -0.112. The highest BCUT2D eigenvalue weighted by Gasteiger charge is 2.29. The number of nitrogens with zero attached hydrogens (tertiary/aromatic N) is 1. The van der Waals surface area contributed by atoms with Gasteiger partial charge >= 0.3 is 0 Å². The van der Waals surface area contributed by atoms with Crippen LogP contribution in [0.15, 0.2) is 23.0 Å². The van der Waals surface area contributed by atoms with Crippen molar-refractivity contribution in [2.24, 2.45) is 5.92 Å². The molecule has 0 bridgehead atoms. The fourth-order valence-corrected chi connectivity index (χ4v) is 2.35. The zero-order valence-corrected chi connectivity index (χ0v) is 13.5. The molecule has 0 heterocycles. The molecule has 0 atom stereocenters. The number of allylic oxidation sites excluding steroid dienone is 3. The highest BCUT2D eigenvalue weighted by Crippen LogP contribution is 2.27. The SMILES string of the molecule is CC(C)N/C(=C1\C(=N)CC/C(=C\N(C)C)C1=O)C(C)C. The smallest absolute Gasteiger partial charge is 0.194 e. The van der Waals surface area contributed by atoms with Crippen molar-refractivity contribution in [3.05, 3.63) is 23.0 Å². The molecule has 0 saturated heterocycles. The predicted molar refractivity (Wildman–Crippen MR) is 83.9 cm³/mol. The van der Waals surface area contributed by atoms with Gasteiger partial charge in [0.1, 0.15) is 0 Å². The molecule has 0 aliphatic heterocycles. The van der Waals surface area contributed by atoms with Crippen LogP contribution in [0.5, 0.6) is 0 Å². The van der Waals surface area contributed by atoms with Crippen molar-refractivity contribution in [3.63, 3.8) is 0 Å². The van der Waals surface area contributed by atoms with Gasteiger partial charge in [0.2, 0.25) is 0 Å². The van der Waals surface area contributed by atoms with E-state index in [1.807, 2.05) is 25.2 Å². The maximum atomic E-state index is 12.7. The Morgan fingerprint density at radius 2 is 1.85 bits per heavy atom.